The minimum atomic E-state index is -0.442. The predicted octanol–water partition coefficient (Wildman–Crippen LogP) is 2.50. The van der Waals surface area contributed by atoms with Gasteiger partial charge in [0.2, 0.25) is 0 Å². The maximum absolute atomic E-state index is 6.07. The first-order valence-electron chi connectivity index (χ1n) is 4.61. The van der Waals surface area contributed by atoms with Gasteiger partial charge in [0.1, 0.15) is 11.5 Å². The highest BCUT2D eigenvalue weighted by molar-refractivity contribution is 14.1. The van der Waals surface area contributed by atoms with E-state index in [2.05, 4.69) is 22.6 Å². The van der Waals surface area contributed by atoms with E-state index in [1.54, 1.807) is 14.2 Å². The molecule has 0 saturated carbocycles. The number of halogens is 1. The van der Waals surface area contributed by atoms with Crippen molar-refractivity contribution in [2.24, 2.45) is 5.73 Å². The Bertz CT molecular complexity index is 358. The first kappa shape index (κ1) is 12.6. The van der Waals surface area contributed by atoms with Crippen molar-refractivity contribution in [3.05, 3.63) is 21.3 Å². The van der Waals surface area contributed by atoms with E-state index in [-0.39, 0.29) is 0 Å². The Morgan fingerprint density at radius 3 is 2.07 bits per heavy atom. The maximum atomic E-state index is 6.07. The molecule has 0 saturated heterocycles. The van der Waals surface area contributed by atoms with Crippen LogP contribution in [0.25, 0.3) is 0 Å². The predicted molar refractivity (Wildman–Crippen MR) is 69.5 cm³/mol. The van der Waals surface area contributed by atoms with E-state index in [0.717, 1.165) is 20.6 Å². The molecule has 0 aliphatic heterocycles. The molecule has 1 aromatic carbocycles. The molecule has 2 N–H and O–H groups in total. The third-order valence-corrected chi connectivity index (χ3v) is 3.01. The smallest absolute Gasteiger partial charge is 0.132 e. The molecule has 1 rings (SSSR count). The van der Waals surface area contributed by atoms with Crippen LogP contribution in [-0.2, 0) is 5.54 Å². The molecule has 4 heteroatoms. The van der Waals surface area contributed by atoms with Crippen LogP contribution in [0.2, 0.25) is 0 Å². The Morgan fingerprint density at radius 1 is 1.13 bits per heavy atom. The molecule has 1 aromatic rings. The van der Waals surface area contributed by atoms with Crippen LogP contribution in [0.1, 0.15) is 19.4 Å². The van der Waals surface area contributed by atoms with Crippen molar-refractivity contribution in [1.82, 2.24) is 0 Å². The molecule has 0 unspecified atom stereocenters. The van der Waals surface area contributed by atoms with E-state index < -0.39 is 5.54 Å². The minimum absolute atomic E-state index is 0.442. The summed E-state index contributed by atoms with van der Waals surface area (Å²) in [4.78, 5) is 0. The standard InChI is InChI=1S/C11H16INO2/c1-11(2,13)7-5-10(15-4)8(12)6-9(7)14-3/h5-6H,13H2,1-4H3. The Hall–Kier alpha value is -0.490. The molecule has 3 nitrogen and oxygen atoms in total. The number of hydrogen-bond donors (Lipinski definition) is 1. The summed E-state index contributed by atoms with van der Waals surface area (Å²) in [6, 6.07) is 3.87. The van der Waals surface area contributed by atoms with Crippen LogP contribution in [0, 0.1) is 3.57 Å². The largest absolute Gasteiger partial charge is 0.496 e. The molecule has 15 heavy (non-hydrogen) atoms. The highest BCUT2D eigenvalue weighted by Crippen LogP contribution is 2.34. The van der Waals surface area contributed by atoms with Crippen molar-refractivity contribution in [2.45, 2.75) is 19.4 Å². The number of rotatable bonds is 3. The second kappa shape index (κ2) is 4.57. The fraction of sp³-hybridized carbons (Fsp3) is 0.455. The molecular weight excluding hydrogens is 305 g/mol. The highest BCUT2D eigenvalue weighted by atomic mass is 127. The third-order valence-electron chi connectivity index (χ3n) is 2.17. The average Bonchev–Trinajstić information content (AvgIpc) is 2.15. The summed E-state index contributed by atoms with van der Waals surface area (Å²) in [5, 5.41) is 0. The van der Waals surface area contributed by atoms with E-state index in [4.69, 9.17) is 15.2 Å². The van der Waals surface area contributed by atoms with Gasteiger partial charge in [-0.25, -0.2) is 0 Å². The van der Waals surface area contributed by atoms with Crippen LogP contribution in [-0.4, -0.2) is 14.2 Å². The number of ether oxygens (including phenoxy) is 2. The van der Waals surface area contributed by atoms with Gasteiger partial charge in [-0.3, -0.25) is 0 Å². The lowest BCUT2D eigenvalue weighted by Crippen LogP contribution is -2.29. The van der Waals surface area contributed by atoms with Crippen molar-refractivity contribution in [2.75, 3.05) is 14.2 Å². The van der Waals surface area contributed by atoms with Crippen LogP contribution < -0.4 is 15.2 Å². The lowest BCUT2D eigenvalue weighted by atomic mass is 9.94. The van der Waals surface area contributed by atoms with Gasteiger partial charge in [-0.2, -0.15) is 0 Å². The van der Waals surface area contributed by atoms with E-state index in [0.29, 0.717) is 0 Å². The monoisotopic (exact) mass is 321 g/mol. The van der Waals surface area contributed by atoms with Crippen LogP contribution >= 0.6 is 22.6 Å². The first-order chi connectivity index (χ1) is 6.90. The van der Waals surface area contributed by atoms with Crippen molar-refractivity contribution < 1.29 is 9.47 Å². The fourth-order valence-electron chi connectivity index (χ4n) is 1.36. The van der Waals surface area contributed by atoms with Gasteiger partial charge in [-0.15, -0.1) is 0 Å². The zero-order valence-corrected chi connectivity index (χ0v) is 11.6. The van der Waals surface area contributed by atoms with Gasteiger partial charge in [-0.1, -0.05) is 0 Å². The molecule has 0 radical (unpaired) electrons. The van der Waals surface area contributed by atoms with Crippen molar-refractivity contribution in [3.63, 3.8) is 0 Å². The van der Waals surface area contributed by atoms with Crippen molar-refractivity contribution in [1.29, 1.82) is 0 Å². The maximum Gasteiger partial charge on any atom is 0.132 e. The number of hydrogen-bond acceptors (Lipinski definition) is 3. The van der Waals surface area contributed by atoms with E-state index >= 15 is 0 Å². The molecule has 0 spiro atoms. The summed E-state index contributed by atoms with van der Waals surface area (Å²) in [6.45, 7) is 3.88. The minimum Gasteiger partial charge on any atom is -0.496 e. The summed E-state index contributed by atoms with van der Waals surface area (Å²) >= 11 is 2.21. The van der Waals surface area contributed by atoms with Gasteiger partial charge in [0, 0.05) is 11.1 Å². The molecule has 0 aliphatic carbocycles. The van der Waals surface area contributed by atoms with Crippen molar-refractivity contribution >= 4 is 22.6 Å². The van der Waals surface area contributed by atoms with E-state index in [1.807, 2.05) is 26.0 Å². The zero-order chi connectivity index (χ0) is 11.6. The Balaban J connectivity index is 3.36. The van der Waals surface area contributed by atoms with Crippen molar-refractivity contribution in [3.8, 4) is 11.5 Å². The number of nitrogens with two attached hydrogens (primary N) is 1. The molecule has 0 fully saturated rings. The van der Waals surface area contributed by atoms with Gasteiger partial charge in [0.25, 0.3) is 0 Å². The summed E-state index contributed by atoms with van der Waals surface area (Å²) in [6.07, 6.45) is 0. The van der Waals surface area contributed by atoms with Crippen LogP contribution in [0.3, 0.4) is 0 Å². The second-order valence-corrected chi connectivity index (χ2v) is 5.07. The van der Waals surface area contributed by atoms with E-state index in [1.165, 1.54) is 0 Å². The molecule has 0 aromatic heterocycles. The second-order valence-electron chi connectivity index (χ2n) is 3.91. The summed E-state index contributed by atoms with van der Waals surface area (Å²) in [7, 11) is 3.30. The van der Waals surface area contributed by atoms with Gasteiger partial charge in [0.05, 0.1) is 17.8 Å². The molecule has 0 heterocycles. The topological polar surface area (TPSA) is 44.5 Å². The third kappa shape index (κ3) is 2.75. The summed E-state index contributed by atoms with van der Waals surface area (Å²) in [5.74, 6) is 1.62. The Morgan fingerprint density at radius 2 is 1.67 bits per heavy atom. The van der Waals surface area contributed by atoms with Gasteiger partial charge in [0.15, 0.2) is 0 Å². The van der Waals surface area contributed by atoms with Gasteiger partial charge in [-0.05, 0) is 48.6 Å². The zero-order valence-electron chi connectivity index (χ0n) is 9.43. The Labute approximate surface area is 104 Å². The first-order valence-corrected chi connectivity index (χ1v) is 5.69. The normalized spacial score (nSPS) is 11.3. The molecule has 0 amide bonds. The summed E-state index contributed by atoms with van der Waals surface area (Å²) < 4.78 is 11.6. The molecule has 0 aliphatic rings. The molecule has 0 bridgehead atoms. The number of methoxy groups -OCH3 is 2. The van der Waals surface area contributed by atoms with Crippen LogP contribution in [0.15, 0.2) is 12.1 Å². The molecular formula is C11H16INO2. The average molecular weight is 321 g/mol. The van der Waals surface area contributed by atoms with E-state index in [9.17, 15) is 0 Å². The highest BCUT2D eigenvalue weighted by Gasteiger charge is 2.21. The lowest BCUT2D eigenvalue weighted by Gasteiger charge is -2.23. The molecule has 84 valence electrons. The SMILES string of the molecule is COc1cc(C(C)(C)N)c(OC)cc1I. The fourth-order valence-corrected chi connectivity index (χ4v) is 2.02. The van der Waals surface area contributed by atoms with Gasteiger partial charge < -0.3 is 15.2 Å². The van der Waals surface area contributed by atoms with Crippen LogP contribution in [0.4, 0.5) is 0 Å². The number of benzene rings is 1. The lowest BCUT2D eigenvalue weighted by molar-refractivity contribution is 0.383. The molecule has 0 atom stereocenters. The van der Waals surface area contributed by atoms with Gasteiger partial charge >= 0.3 is 0 Å². The summed E-state index contributed by atoms with van der Waals surface area (Å²) in [5.41, 5.74) is 6.57. The van der Waals surface area contributed by atoms with Crippen LogP contribution in [0.5, 0.6) is 11.5 Å². The Kier molecular flexibility index (Phi) is 3.83. The quantitative estimate of drug-likeness (QED) is 0.870.